The quantitative estimate of drug-likeness (QED) is 0.772. The molecule has 1 aliphatic carbocycles. The Hall–Kier alpha value is -1.09. The van der Waals surface area contributed by atoms with Crippen LogP contribution in [0.2, 0.25) is 0 Å². The van der Waals surface area contributed by atoms with Gasteiger partial charge < -0.3 is 0 Å². The topological polar surface area (TPSA) is 34.1 Å². The van der Waals surface area contributed by atoms with E-state index in [1.807, 2.05) is 30.3 Å². The highest BCUT2D eigenvalue weighted by atomic mass is 32.2. The van der Waals surface area contributed by atoms with Crippen molar-refractivity contribution in [3.63, 3.8) is 0 Å². The van der Waals surface area contributed by atoms with Crippen molar-refractivity contribution in [1.82, 2.24) is 0 Å². The number of benzene rings is 1. The molecule has 0 atom stereocenters. The number of allylic oxidation sites excluding steroid dienone is 1. The highest BCUT2D eigenvalue weighted by Gasteiger charge is 2.28. The zero-order valence-electron chi connectivity index (χ0n) is 9.93. The van der Waals surface area contributed by atoms with Gasteiger partial charge in [-0.25, -0.2) is 8.42 Å². The Morgan fingerprint density at radius 1 is 1.12 bits per heavy atom. The molecule has 1 aliphatic rings. The molecular formula is C14H18O2S. The maximum Gasteiger partial charge on any atom is 0.157 e. The molecule has 0 amide bonds. The van der Waals surface area contributed by atoms with Crippen molar-refractivity contribution in [3.05, 3.63) is 48.0 Å². The average Bonchev–Trinajstić information content (AvgIpc) is 2.30. The van der Waals surface area contributed by atoms with Crippen molar-refractivity contribution in [2.45, 2.75) is 36.7 Å². The summed E-state index contributed by atoms with van der Waals surface area (Å²) < 4.78 is 24.5. The molecule has 92 valence electrons. The first-order chi connectivity index (χ1) is 8.08. The molecule has 17 heavy (non-hydrogen) atoms. The monoisotopic (exact) mass is 250 g/mol. The SMILES string of the molecule is C=C1CCC(S(=O)(=O)Cc2ccccc2)CC1. The minimum Gasteiger partial charge on any atom is -0.228 e. The molecule has 0 saturated heterocycles. The molecule has 0 bridgehead atoms. The lowest BCUT2D eigenvalue weighted by Gasteiger charge is -2.23. The summed E-state index contributed by atoms with van der Waals surface area (Å²) in [5.74, 6) is 0.172. The minimum atomic E-state index is -3.00. The van der Waals surface area contributed by atoms with E-state index in [1.54, 1.807) is 0 Å². The second kappa shape index (κ2) is 5.05. The Labute approximate surface area is 103 Å². The van der Waals surface area contributed by atoms with Crippen molar-refractivity contribution in [2.75, 3.05) is 0 Å². The third-order valence-corrected chi connectivity index (χ3v) is 5.58. The summed E-state index contributed by atoms with van der Waals surface area (Å²) in [6.45, 7) is 3.92. The van der Waals surface area contributed by atoms with Crippen LogP contribution in [0.1, 0.15) is 31.2 Å². The first-order valence-electron chi connectivity index (χ1n) is 6.00. The Bertz CT molecular complexity index is 478. The molecule has 0 heterocycles. The second-order valence-electron chi connectivity index (χ2n) is 4.74. The summed E-state index contributed by atoms with van der Waals surface area (Å²) in [6, 6.07) is 9.42. The maximum absolute atomic E-state index is 12.2. The highest BCUT2D eigenvalue weighted by molar-refractivity contribution is 7.91. The van der Waals surface area contributed by atoms with E-state index < -0.39 is 9.84 Å². The minimum absolute atomic E-state index is 0.172. The van der Waals surface area contributed by atoms with Crippen LogP contribution in [0.4, 0.5) is 0 Å². The Morgan fingerprint density at radius 3 is 2.29 bits per heavy atom. The van der Waals surface area contributed by atoms with Crippen LogP contribution in [0, 0.1) is 0 Å². The van der Waals surface area contributed by atoms with Crippen LogP contribution in [0.15, 0.2) is 42.5 Å². The van der Waals surface area contributed by atoms with Gasteiger partial charge in [-0.15, -0.1) is 0 Å². The van der Waals surface area contributed by atoms with Gasteiger partial charge in [-0.3, -0.25) is 0 Å². The summed E-state index contributed by atoms with van der Waals surface area (Å²) in [6.07, 6.45) is 3.21. The van der Waals surface area contributed by atoms with Crippen LogP contribution in [0.25, 0.3) is 0 Å². The molecule has 2 rings (SSSR count). The lowest BCUT2D eigenvalue weighted by molar-refractivity contribution is 0.537. The average molecular weight is 250 g/mol. The van der Waals surface area contributed by atoms with E-state index >= 15 is 0 Å². The van der Waals surface area contributed by atoms with E-state index in [0.717, 1.165) is 31.2 Å². The molecule has 1 aromatic carbocycles. The standard InChI is InChI=1S/C14H18O2S/c1-12-7-9-14(10-8-12)17(15,16)11-13-5-3-2-4-6-13/h2-6,14H,1,7-11H2. The predicted octanol–water partition coefficient (Wildman–Crippen LogP) is 3.10. The lowest BCUT2D eigenvalue weighted by Crippen LogP contribution is -2.25. The van der Waals surface area contributed by atoms with Gasteiger partial charge >= 0.3 is 0 Å². The van der Waals surface area contributed by atoms with Crippen LogP contribution < -0.4 is 0 Å². The molecule has 1 aromatic rings. The molecule has 0 aromatic heterocycles. The van der Waals surface area contributed by atoms with Gasteiger partial charge in [0.2, 0.25) is 0 Å². The van der Waals surface area contributed by atoms with E-state index in [-0.39, 0.29) is 11.0 Å². The largest absolute Gasteiger partial charge is 0.228 e. The van der Waals surface area contributed by atoms with Crippen molar-refractivity contribution in [3.8, 4) is 0 Å². The van der Waals surface area contributed by atoms with E-state index in [1.165, 1.54) is 5.57 Å². The van der Waals surface area contributed by atoms with Crippen molar-refractivity contribution in [1.29, 1.82) is 0 Å². The van der Waals surface area contributed by atoms with Crippen molar-refractivity contribution >= 4 is 9.84 Å². The van der Waals surface area contributed by atoms with Gasteiger partial charge in [0.1, 0.15) is 0 Å². The Balaban J connectivity index is 2.07. The summed E-state index contributed by atoms with van der Waals surface area (Å²) >= 11 is 0. The maximum atomic E-state index is 12.2. The molecule has 1 fully saturated rings. The van der Waals surface area contributed by atoms with Crippen LogP contribution in [-0.4, -0.2) is 13.7 Å². The second-order valence-corrected chi connectivity index (χ2v) is 7.02. The van der Waals surface area contributed by atoms with Crippen LogP contribution in [0.3, 0.4) is 0 Å². The van der Waals surface area contributed by atoms with Crippen LogP contribution >= 0.6 is 0 Å². The molecule has 0 aliphatic heterocycles. The summed E-state index contributed by atoms with van der Waals surface area (Å²) in [4.78, 5) is 0. The lowest BCUT2D eigenvalue weighted by atomic mass is 9.96. The van der Waals surface area contributed by atoms with E-state index in [9.17, 15) is 8.42 Å². The summed E-state index contributed by atoms with van der Waals surface area (Å²) in [7, 11) is -3.00. The molecule has 0 unspecified atom stereocenters. The molecule has 0 spiro atoms. The molecule has 3 heteroatoms. The van der Waals surface area contributed by atoms with Crippen molar-refractivity contribution < 1.29 is 8.42 Å². The van der Waals surface area contributed by atoms with Gasteiger partial charge in [0, 0.05) is 0 Å². The van der Waals surface area contributed by atoms with E-state index in [2.05, 4.69) is 6.58 Å². The first kappa shape index (κ1) is 12.4. The van der Waals surface area contributed by atoms with Gasteiger partial charge in [0.15, 0.2) is 9.84 Å². The number of rotatable bonds is 3. The molecular weight excluding hydrogens is 232 g/mol. The van der Waals surface area contributed by atoms with Crippen molar-refractivity contribution in [2.24, 2.45) is 0 Å². The number of hydrogen-bond donors (Lipinski definition) is 0. The summed E-state index contributed by atoms with van der Waals surface area (Å²) in [5.41, 5.74) is 2.08. The smallest absolute Gasteiger partial charge is 0.157 e. The summed E-state index contributed by atoms with van der Waals surface area (Å²) in [5, 5.41) is -0.173. The molecule has 1 saturated carbocycles. The Morgan fingerprint density at radius 2 is 1.71 bits per heavy atom. The van der Waals surface area contributed by atoms with Gasteiger partial charge in [-0.2, -0.15) is 0 Å². The van der Waals surface area contributed by atoms with Gasteiger partial charge in [0.05, 0.1) is 11.0 Å². The van der Waals surface area contributed by atoms with Gasteiger partial charge in [-0.05, 0) is 31.2 Å². The zero-order valence-corrected chi connectivity index (χ0v) is 10.7. The third-order valence-electron chi connectivity index (χ3n) is 3.36. The van der Waals surface area contributed by atoms with Crippen LogP contribution in [-0.2, 0) is 15.6 Å². The molecule has 0 radical (unpaired) electrons. The van der Waals surface area contributed by atoms with Gasteiger partial charge in [0.25, 0.3) is 0 Å². The van der Waals surface area contributed by atoms with E-state index in [4.69, 9.17) is 0 Å². The number of sulfone groups is 1. The zero-order chi connectivity index (χ0) is 12.3. The third kappa shape index (κ3) is 3.19. The molecule has 0 N–H and O–H groups in total. The van der Waals surface area contributed by atoms with E-state index in [0.29, 0.717) is 0 Å². The first-order valence-corrected chi connectivity index (χ1v) is 7.71. The highest BCUT2D eigenvalue weighted by Crippen LogP contribution is 2.28. The fraction of sp³-hybridized carbons (Fsp3) is 0.429. The van der Waals surface area contributed by atoms with Crippen LogP contribution in [0.5, 0.6) is 0 Å². The normalized spacial score (nSPS) is 18.2. The molecule has 2 nitrogen and oxygen atoms in total. The fourth-order valence-electron chi connectivity index (χ4n) is 2.28. The van der Waals surface area contributed by atoms with Gasteiger partial charge in [-0.1, -0.05) is 42.5 Å². The predicted molar refractivity (Wildman–Crippen MR) is 70.5 cm³/mol. The number of hydrogen-bond acceptors (Lipinski definition) is 2. The fourth-order valence-corrected chi connectivity index (χ4v) is 4.13. The Kier molecular flexibility index (Phi) is 3.67.